The predicted molar refractivity (Wildman–Crippen MR) is 172 cm³/mol. The van der Waals surface area contributed by atoms with Gasteiger partial charge >= 0.3 is 5.97 Å². The van der Waals surface area contributed by atoms with Crippen LogP contribution in [0.1, 0.15) is 78.1 Å². The Hall–Kier alpha value is -0.930. The fourth-order valence-electron chi connectivity index (χ4n) is 3.87. The summed E-state index contributed by atoms with van der Waals surface area (Å²) < 4.78 is 53.9. The molecule has 0 aliphatic heterocycles. The fourth-order valence-corrected chi connectivity index (χ4v) is 3.87. The van der Waals surface area contributed by atoms with Crippen LogP contribution in [0.3, 0.4) is 0 Å². The van der Waals surface area contributed by atoms with E-state index in [4.69, 9.17) is 52.5 Å². The average Bonchev–Trinajstić information content (AvgIpc) is 3.04. The zero-order valence-corrected chi connectivity index (χ0v) is 28.5. The summed E-state index contributed by atoms with van der Waals surface area (Å²) in [4.78, 5) is 11.0. The smallest absolute Gasteiger partial charge is 0.334 e. The number of aliphatic hydroxyl groups excluding tert-OH is 1. The molecule has 0 fully saturated rings. The van der Waals surface area contributed by atoms with Crippen LogP contribution in [0.25, 0.3) is 0 Å². The third kappa shape index (κ3) is 39.2. The first-order valence-electron chi connectivity index (χ1n) is 17.2. The number of carbonyl (C=O) groups excluding carboxylic acids is 1. The van der Waals surface area contributed by atoms with Gasteiger partial charge in [-0.15, -0.1) is 0 Å². The lowest BCUT2D eigenvalue weighted by molar-refractivity contribution is -0.154. The zero-order chi connectivity index (χ0) is 32.7. The predicted octanol–water partition coefficient (Wildman–Crippen LogP) is 3.98. The summed E-state index contributed by atoms with van der Waals surface area (Å²) in [5, 5.41) is 8.98. The van der Waals surface area contributed by atoms with Crippen LogP contribution >= 0.6 is 0 Å². The van der Waals surface area contributed by atoms with Gasteiger partial charge in [0.2, 0.25) is 0 Å². The Morgan fingerprint density at radius 3 is 0.933 bits per heavy atom. The van der Waals surface area contributed by atoms with Crippen LogP contribution < -0.4 is 0 Å². The van der Waals surface area contributed by atoms with Crippen LogP contribution in [0, 0.1) is 0 Å². The third-order valence-corrected chi connectivity index (χ3v) is 6.43. The SMILES string of the molecule is CCCCCCCCCCCCOCCOCCOCCOCCOCCOCCOCCOCCOCCOC(=O)C(C)O. The minimum Gasteiger partial charge on any atom is -0.461 e. The maximum absolute atomic E-state index is 11.0. The lowest BCUT2D eigenvalue weighted by Gasteiger charge is -2.09. The van der Waals surface area contributed by atoms with Gasteiger partial charge in [0.25, 0.3) is 0 Å². The number of carbonyl (C=O) groups is 1. The van der Waals surface area contributed by atoms with E-state index < -0.39 is 12.1 Å². The number of esters is 1. The molecule has 1 unspecified atom stereocenters. The molecule has 0 aromatic carbocycles. The van der Waals surface area contributed by atoms with Gasteiger partial charge in [-0.2, -0.15) is 0 Å². The maximum Gasteiger partial charge on any atom is 0.334 e. The molecule has 1 N–H and O–H groups in total. The van der Waals surface area contributed by atoms with E-state index in [1.165, 1.54) is 64.7 Å². The third-order valence-electron chi connectivity index (χ3n) is 6.43. The summed E-state index contributed by atoms with van der Waals surface area (Å²) >= 11 is 0. The summed E-state index contributed by atoms with van der Waals surface area (Å²) in [5.74, 6) is -0.658. The highest BCUT2D eigenvalue weighted by molar-refractivity contribution is 5.73. The number of ether oxygens (including phenoxy) is 10. The minimum absolute atomic E-state index is 0.106. The lowest BCUT2D eigenvalue weighted by atomic mass is 10.1. The summed E-state index contributed by atoms with van der Waals surface area (Å²) in [6.07, 6.45) is 12.3. The van der Waals surface area contributed by atoms with Gasteiger partial charge in [-0.3, -0.25) is 0 Å². The summed E-state index contributed by atoms with van der Waals surface area (Å²) in [7, 11) is 0. The van der Waals surface area contributed by atoms with E-state index in [1.807, 2.05) is 0 Å². The Balaban J connectivity index is 3.06. The van der Waals surface area contributed by atoms with Crippen LogP contribution in [0.4, 0.5) is 0 Å². The molecule has 0 aliphatic rings. The van der Waals surface area contributed by atoms with E-state index in [0.29, 0.717) is 106 Å². The van der Waals surface area contributed by atoms with Gasteiger partial charge in [-0.1, -0.05) is 64.7 Å². The topological polar surface area (TPSA) is 130 Å². The number of hydrogen-bond donors (Lipinski definition) is 1. The molecule has 0 amide bonds. The van der Waals surface area contributed by atoms with Crippen molar-refractivity contribution in [1.29, 1.82) is 0 Å². The van der Waals surface area contributed by atoms with Crippen LogP contribution in [-0.2, 0) is 52.2 Å². The molecule has 0 spiro atoms. The van der Waals surface area contributed by atoms with E-state index in [2.05, 4.69) is 6.92 Å². The van der Waals surface area contributed by atoms with E-state index >= 15 is 0 Å². The second-order valence-electron chi connectivity index (χ2n) is 10.5. The first kappa shape index (κ1) is 44.1. The van der Waals surface area contributed by atoms with E-state index in [0.717, 1.165) is 13.0 Å². The average molecular weight is 655 g/mol. The monoisotopic (exact) mass is 654 g/mol. The molecule has 270 valence electrons. The molecule has 0 heterocycles. The standard InChI is InChI=1S/C33H66O12/c1-3-4-5-6-7-8-9-10-11-12-13-36-14-15-37-16-17-38-18-19-39-20-21-40-22-23-41-24-25-42-26-27-43-28-29-44-30-31-45-33(35)32(2)34/h32,34H,3-31H2,1-2H3. The molecule has 0 radical (unpaired) electrons. The number of unbranched alkanes of at least 4 members (excludes halogenated alkanes) is 9. The van der Waals surface area contributed by atoms with Gasteiger partial charge in [0.05, 0.1) is 112 Å². The van der Waals surface area contributed by atoms with Gasteiger partial charge < -0.3 is 52.5 Å². The Kier molecular flexibility index (Phi) is 38.4. The molecule has 0 rings (SSSR count). The quantitative estimate of drug-likeness (QED) is 0.0760. The molecular weight excluding hydrogens is 588 g/mol. The number of hydrogen-bond acceptors (Lipinski definition) is 12. The van der Waals surface area contributed by atoms with Crippen molar-refractivity contribution in [3.63, 3.8) is 0 Å². The van der Waals surface area contributed by atoms with E-state index in [9.17, 15) is 4.79 Å². The Bertz CT molecular complexity index is 568. The molecule has 0 saturated carbocycles. The largest absolute Gasteiger partial charge is 0.461 e. The molecule has 12 heteroatoms. The number of rotatable bonds is 39. The second-order valence-corrected chi connectivity index (χ2v) is 10.5. The minimum atomic E-state index is -1.12. The molecule has 0 aromatic rings. The van der Waals surface area contributed by atoms with Crippen LogP contribution in [0.2, 0.25) is 0 Å². The van der Waals surface area contributed by atoms with Crippen molar-refractivity contribution in [1.82, 2.24) is 0 Å². The van der Waals surface area contributed by atoms with Gasteiger partial charge in [0.1, 0.15) is 12.7 Å². The van der Waals surface area contributed by atoms with Crippen molar-refractivity contribution in [3.8, 4) is 0 Å². The molecule has 1 atom stereocenters. The Morgan fingerprint density at radius 1 is 0.400 bits per heavy atom. The van der Waals surface area contributed by atoms with Crippen molar-refractivity contribution in [2.24, 2.45) is 0 Å². The van der Waals surface area contributed by atoms with Crippen LogP contribution in [-0.4, -0.2) is 143 Å². The van der Waals surface area contributed by atoms with E-state index in [-0.39, 0.29) is 13.2 Å². The van der Waals surface area contributed by atoms with Crippen molar-refractivity contribution in [2.45, 2.75) is 84.2 Å². The molecule has 0 bridgehead atoms. The van der Waals surface area contributed by atoms with Crippen LogP contribution in [0.15, 0.2) is 0 Å². The summed E-state index contributed by atoms with van der Waals surface area (Å²) in [5.41, 5.74) is 0. The van der Waals surface area contributed by atoms with E-state index in [1.54, 1.807) is 0 Å². The molecule has 0 aromatic heterocycles. The van der Waals surface area contributed by atoms with Gasteiger partial charge in [-0.05, 0) is 13.3 Å². The zero-order valence-electron chi connectivity index (χ0n) is 28.5. The molecule has 45 heavy (non-hydrogen) atoms. The normalized spacial score (nSPS) is 12.2. The molecule has 0 saturated heterocycles. The van der Waals surface area contributed by atoms with Crippen molar-refractivity contribution in [3.05, 3.63) is 0 Å². The fraction of sp³-hybridized carbons (Fsp3) is 0.970. The number of aliphatic hydroxyl groups is 1. The highest BCUT2D eigenvalue weighted by Crippen LogP contribution is 2.10. The highest BCUT2D eigenvalue weighted by Gasteiger charge is 2.09. The van der Waals surface area contributed by atoms with Crippen molar-refractivity contribution in [2.75, 3.05) is 126 Å². The van der Waals surface area contributed by atoms with Gasteiger partial charge in [-0.25, -0.2) is 4.79 Å². The maximum atomic E-state index is 11.0. The van der Waals surface area contributed by atoms with Gasteiger partial charge in [0, 0.05) is 6.61 Å². The Morgan fingerprint density at radius 2 is 0.644 bits per heavy atom. The van der Waals surface area contributed by atoms with Crippen molar-refractivity contribution >= 4 is 5.97 Å². The van der Waals surface area contributed by atoms with Gasteiger partial charge in [0.15, 0.2) is 0 Å². The molecular formula is C33H66O12. The highest BCUT2D eigenvalue weighted by atomic mass is 16.6. The van der Waals surface area contributed by atoms with Crippen molar-refractivity contribution < 1.29 is 57.3 Å². The molecule has 12 nitrogen and oxygen atoms in total. The summed E-state index contributed by atoms with van der Waals surface area (Å²) in [6.45, 7) is 13.0. The Labute approximate surface area is 273 Å². The first-order valence-corrected chi connectivity index (χ1v) is 17.2. The lowest BCUT2D eigenvalue weighted by Crippen LogP contribution is -2.21. The molecule has 0 aliphatic carbocycles. The first-order chi connectivity index (χ1) is 22.2. The summed E-state index contributed by atoms with van der Waals surface area (Å²) in [6, 6.07) is 0. The van der Waals surface area contributed by atoms with Crippen LogP contribution in [0.5, 0.6) is 0 Å². The second kappa shape index (κ2) is 39.2.